The fourth-order valence-electron chi connectivity index (χ4n) is 2.13. The Balaban J connectivity index is 2.20. The van der Waals surface area contributed by atoms with E-state index in [2.05, 4.69) is 53.0 Å². The molecule has 6 heteroatoms. The van der Waals surface area contributed by atoms with Gasteiger partial charge in [0.15, 0.2) is 0 Å². The summed E-state index contributed by atoms with van der Waals surface area (Å²) < 4.78 is 4.15. The molecule has 4 nitrogen and oxygen atoms in total. The molecule has 2 aromatic heterocycles. The van der Waals surface area contributed by atoms with Crippen molar-refractivity contribution < 1.29 is 0 Å². The Labute approximate surface area is 128 Å². The summed E-state index contributed by atoms with van der Waals surface area (Å²) in [4.78, 5) is 5.85. The van der Waals surface area contributed by atoms with Gasteiger partial charge in [-0.05, 0) is 37.3 Å². The summed E-state index contributed by atoms with van der Waals surface area (Å²) >= 11 is 3.23. The lowest BCUT2D eigenvalue weighted by molar-refractivity contribution is 0.525. The average molecular weight is 310 g/mol. The van der Waals surface area contributed by atoms with Crippen molar-refractivity contribution in [1.29, 1.82) is 0 Å². The summed E-state index contributed by atoms with van der Waals surface area (Å²) in [5.74, 6) is 0.409. The van der Waals surface area contributed by atoms with Gasteiger partial charge >= 0.3 is 0 Å². The summed E-state index contributed by atoms with van der Waals surface area (Å²) in [6, 6.07) is 0.272. The number of rotatable bonds is 7. The Morgan fingerprint density at radius 3 is 2.75 bits per heavy atom. The van der Waals surface area contributed by atoms with E-state index in [1.54, 1.807) is 11.3 Å². The fraction of sp³-hybridized carbons (Fsp3) is 0.643. The van der Waals surface area contributed by atoms with E-state index in [-0.39, 0.29) is 6.04 Å². The Morgan fingerprint density at radius 1 is 1.35 bits per heavy atom. The van der Waals surface area contributed by atoms with Crippen molar-refractivity contribution in [3.8, 4) is 0 Å². The lowest BCUT2D eigenvalue weighted by Gasteiger charge is -2.17. The molecule has 1 atom stereocenters. The first-order valence-corrected chi connectivity index (χ1v) is 8.73. The highest BCUT2D eigenvalue weighted by Gasteiger charge is 2.21. The van der Waals surface area contributed by atoms with Gasteiger partial charge in [0, 0.05) is 11.8 Å². The van der Waals surface area contributed by atoms with Gasteiger partial charge in [-0.1, -0.05) is 25.3 Å². The molecule has 2 heterocycles. The van der Waals surface area contributed by atoms with Crippen LogP contribution in [-0.4, -0.2) is 21.1 Å². The molecule has 0 saturated heterocycles. The molecule has 1 N–H and O–H groups in total. The molecule has 0 aliphatic heterocycles. The van der Waals surface area contributed by atoms with Crippen molar-refractivity contribution >= 4 is 22.9 Å². The molecule has 0 amide bonds. The predicted molar refractivity (Wildman–Crippen MR) is 85.6 cm³/mol. The first-order valence-electron chi connectivity index (χ1n) is 7.08. The van der Waals surface area contributed by atoms with E-state index in [1.807, 2.05) is 0 Å². The zero-order valence-corrected chi connectivity index (χ0v) is 14.1. The minimum atomic E-state index is 0.272. The molecule has 0 bridgehead atoms. The Morgan fingerprint density at radius 2 is 2.15 bits per heavy atom. The molecule has 0 aliphatic rings. The van der Waals surface area contributed by atoms with Gasteiger partial charge in [-0.15, -0.1) is 16.4 Å². The van der Waals surface area contributed by atoms with E-state index >= 15 is 0 Å². The monoisotopic (exact) mass is 310 g/mol. The molecule has 1 unspecified atom stereocenters. The second-order valence-electron chi connectivity index (χ2n) is 5.25. The van der Waals surface area contributed by atoms with Crippen molar-refractivity contribution in [2.24, 2.45) is 0 Å². The summed E-state index contributed by atoms with van der Waals surface area (Å²) in [5, 5.41) is 11.2. The number of hydrogen-bond acceptors (Lipinski definition) is 6. The fourth-order valence-corrected chi connectivity index (χ4v) is 3.64. The summed E-state index contributed by atoms with van der Waals surface area (Å²) in [6.07, 6.45) is 2.03. The molecule has 2 rings (SSSR count). The molecule has 110 valence electrons. The van der Waals surface area contributed by atoms with Crippen molar-refractivity contribution in [2.45, 2.75) is 52.5 Å². The maximum atomic E-state index is 4.59. The van der Waals surface area contributed by atoms with Gasteiger partial charge in [0.1, 0.15) is 0 Å². The van der Waals surface area contributed by atoms with Gasteiger partial charge in [-0.2, -0.15) is 0 Å². The second-order valence-corrected chi connectivity index (χ2v) is 7.09. The first-order chi connectivity index (χ1) is 9.61. The highest BCUT2D eigenvalue weighted by Crippen LogP contribution is 2.28. The van der Waals surface area contributed by atoms with E-state index < -0.39 is 0 Å². The Hall–Kier alpha value is -0.850. The molecule has 0 aliphatic carbocycles. The zero-order chi connectivity index (χ0) is 14.5. The number of hydrogen-bond donors (Lipinski definition) is 1. The molecule has 0 aromatic carbocycles. The van der Waals surface area contributed by atoms with Crippen LogP contribution in [0.2, 0.25) is 0 Å². The summed E-state index contributed by atoms with van der Waals surface area (Å²) in [6.45, 7) is 9.58. The molecule has 0 saturated carbocycles. The number of nitrogens with zero attached hydrogens (tertiary/aromatic N) is 3. The zero-order valence-electron chi connectivity index (χ0n) is 12.5. The minimum absolute atomic E-state index is 0.272. The SMILES string of the molecule is CCCNC(Cc1csc(C)n1)c1snnc1C(C)C. The van der Waals surface area contributed by atoms with Crippen LogP contribution in [0.5, 0.6) is 0 Å². The third-order valence-electron chi connectivity index (χ3n) is 3.12. The predicted octanol–water partition coefficient (Wildman–Crippen LogP) is 3.71. The molecule has 2 aromatic rings. The molecular formula is C14H22N4S2. The van der Waals surface area contributed by atoms with Gasteiger partial charge in [-0.3, -0.25) is 0 Å². The molecule has 0 spiro atoms. The maximum Gasteiger partial charge on any atom is 0.0897 e. The van der Waals surface area contributed by atoms with Crippen LogP contribution in [0.15, 0.2) is 5.38 Å². The normalized spacial score (nSPS) is 13.1. The highest BCUT2D eigenvalue weighted by molar-refractivity contribution is 7.09. The van der Waals surface area contributed by atoms with Crippen LogP contribution in [0.3, 0.4) is 0 Å². The first kappa shape index (κ1) is 15.5. The van der Waals surface area contributed by atoms with Crippen LogP contribution in [0, 0.1) is 6.92 Å². The molecule has 20 heavy (non-hydrogen) atoms. The van der Waals surface area contributed by atoms with Gasteiger partial charge in [0.2, 0.25) is 0 Å². The van der Waals surface area contributed by atoms with Crippen LogP contribution >= 0.6 is 22.9 Å². The number of aryl methyl sites for hydroxylation is 1. The molecule has 0 radical (unpaired) electrons. The van der Waals surface area contributed by atoms with Gasteiger partial charge in [0.05, 0.1) is 27.3 Å². The lowest BCUT2D eigenvalue weighted by atomic mass is 10.0. The Kier molecular flexibility index (Phi) is 5.63. The smallest absolute Gasteiger partial charge is 0.0897 e. The van der Waals surface area contributed by atoms with Crippen LogP contribution in [0.25, 0.3) is 0 Å². The topological polar surface area (TPSA) is 50.7 Å². The highest BCUT2D eigenvalue weighted by atomic mass is 32.1. The third kappa shape index (κ3) is 3.84. The maximum absolute atomic E-state index is 4.59. The number of thiazole rings is 1. The van der Waals surface area contributed by atoms with Crippen LogP contribution in [0.1, 0.15) is 60.4 Å². The minimum Gasteiger partial charge on any atom is -0.309 e. The standard InChI is InChI=1S/C14H22N4S2/c1-5-6-15-12(7-11-8-19-10(4)16-11)14-13(9(2)3)17-18-20-14/h8-9,12,15H,5-7H2,1-4H3. The largest absolute Gasteiger partial charge is 0.309 e. The third-order valence-corrected chi connectivity index (χ3v) is 4.80. The van der Waals surface area contributed by atoms with E-state index in [1.165, 1.54) is 16.4 Å². The quantitative estimate of drug-likeness (QED) is 0.847. The van der Waals surface area contributed by atoms with Crippen LogP contribution < -0.4 is 5.32 Å². The number of aromatic nitrogens is 3. The van der Waals surface area contributed by atoms with Gasteiger partial charge in [0.25, 0.3) is 0 Å². The molecule has 0 fully saturated rings. The second kappa shape index (κ2) is 7.24. The lowest BCUT2D eigenvalue weighted by Crippen LogP contribution is -2.24. The van der Waals surface area contributed by atoms with Crippen molar-refractivity contribution in [1.82, 2.24) is 19.9 Å². The van der Waals surface area contributed by atoms with Crippen LogP contribution in [-0.2, 0) is 6.42 Å². The van der Waals surface area contributed by atoms with Crippen molar-refractivity contribution in [2.75, 3.05) is 6.54 Å². The van der Waals surface area contributed by atoms with Gasteiger partial charge < -0.3 is 5.32 Å². The molecular weight excluding hydrogens is 288 g/mol. The van der Waals surface area contributed by atoms with Crippen molar-refractivity contribution in [3.63, 3.8) is 0 Å². The number of nitrogens with one attached hydrogen (secondary N) is 1. The van der Waals surface area contributed by atoms with E-state index in [0.29, 0.717) is 5.92 Å². The average Bonchev–Trinajstić information content (AvgIpc) is 3.03. The van der Waals surface area contributed by atoms with Gasteiger partial charge in [-0.25, -0.2) is 4.98 Å². The van der Waals surface area contributed by atoms with E-state index in [4.69, 9.17) is 0 Å². The van der Waals surface area contributed by atoms with Crippen LogP contribution in [0.4, 0.5) is 0 Å². The summed E-state index contributed by atoms with van der Waals surface area (Å²) in [7, 11) is 0. The Bertz CT molecular complexity index is 533. The summed E-state index contributed by atoms with van der Waals surface area (Å²) in [5.41, 5.74) is 2.28. The van der Waals surface area contributed by atoms with E-state index in [0.717, 1.165) is 35.8 Å². The van der Waals surface area contributed by atoms with Crippen molar-refractivity contribution in [3.05, 3.63) is 26.7 Å². The van der Waals surface area contributed by atoms with E-state index in [9.17, 15) is 0 Å².